The van der Waals surface area contributed by atoms with Gasteiger partial charge in [-0.2, -0.15) is 0 Å². The van der Waals surface area contributed by atoms with Gasteiger partial charge in [0, 0.05) is 18.0 Å². The van der Waals surface area contributed by atoms with Gasteiger partial charge >= 0.3 is 5.97 Å². The van der Waals surface area contributed by atoms with Crippen molar-refractivity contribution in [1.82, 2.24) is 9.38 Å². The van der Waals surface area contributed by atoms with Crippen LogP contribution in [0.5, 0.6) is 0 Å². The van der Waals surface area contributed by atoms with E-state index in [1.165, 1.54) is 19.2 Å². The van der Waals surface area contributed by atoms with Crippen molar-refractivity contribution in [1.29, 1.82) is 0 Å². The quantitative estimate of drug-likeness (QED) is 0.672. The van der Waals surface area contributed by atoms with Crippen LogP contribution in [0.2, 0.25) is 0 Å². The third kappa shape index (κ3) is 2.03. The Morgan fingerprint density at radius 1 is 1.25 bits per heavy atom. The number of nitrogens with zero attached hydrogens (tertiary/aromatic N) is 2. The highest BCUT2D eigenvalue weighted by Gasteiger charge is 2.13. The second-order valence-electron chi connectivity index (χ2n) is 4.28. The molecule has 100 valence electrons. The van der Waals surface area contributed by atoms with Crippen molar-refractivity contribution in [2.45, 2.75) is 0 Å². The number of esters is 1. The van der Waals surface area contributed by atoms with E-state index in [9.17, 15) is 9.18 Å². The second-order valence-corrected chi connectivity index (χ2v) is 4.28. The average molecular weight is 270 g/mol. The van der Waals surface area contributed by atoms with Crippen LogP contribution in [0.1, 0.15) is 10.4 Å². The van der Waals surface area contributed by atoms with Crippen molar-refractivity contribution in [2.75, 3.05) is 7.11 Å². The molecule has 0 fully saturated rings. The monoisotopic (exact) mass is 270 g/mol. The number of fused-ring (bicyclic) bond motifs is 1. The largest absolute Gasteiger partial charge is 0.465 e. The molecule has 0 aliphatic rings. The highest BCUT2D eigenvalue weighted by molar-refractivity contribution is 5.96. The molecule has 0 amide bonds. The summed E-state index contributed by atoms with van der Waals surface area (Å²) in [6, 6.07) is 9.45. The number of aromatic nitrogens is 2. The molecule has 0 spiro atoms. The van der Waals surface area contributed by atoms with Crippen molar-refractivity contribution in [3.63, 3.8) is 0 Å². The molecule has 0 bridgehead atoms. The predicted molar refractivity (Wildman–Crippen MR) is 71.9 cm³/mol. The number of carbonyl (C=O) groups is 1. The number of ether oxygens (including phenoxy) is 1. The van der Waals surface area contributed by atoms with Gasteiger partial charge in [-0.1, -0.05) is 0 Å². The van der Waals surface area contributed by atoms with Crippen LogP contribution >= 0.6 is 0 Å². The lowest BCUT2D eigenvalue weighted by Crippen LogP contribution is -2.03. The molecule has 3 rings (SSSR count). The minimum Gasteiger partial charge on any atom is -0.465 e. The molecule has 2 aromatic heterocycles. The van der Waals surface area contributed by atoms with E-state index in [0.29, 0.717) is 16.9 Å². The van der Waals surface area contributed by atoms with Crippen LogP contribution in [0, 0.1) is 5.82 Å². The van der Waals surface area contributed by atoms with Crippen molar-refractivity contribution >= 4 is 11.6 Å². The SMILES string of the molecule is COC(=O)c1cccn2cc(-c3ccc(F)cc3)nc12. The number of imidazole rings is 1. The van der Waals surface area contributed by atoms with Crippen LogP contribution in [0.15, 0.2) is 48.8 Å². The van der Waals surface area contributed by atoms with Crippen LogP contribution in [0.4, 0.5) is 4.39 Å². The summed E-state index contributed by atoms with van der Waals surface area (Å²) >= 11 is 0. The lowest BCUT2D eigenvalue weighted by Gasteiger charge is -2.00. The van der Waals surface area contributed by atoms with Gasteiger partial charge in [-0.15, -0.1) is 0 Å². The topological polar surface area (TPSA) is 43.6 Å². The number of halogens is 1. The van der Waals surface area contributed by atoms with E-state index < -0.39 is 5.97 Å². The molecule has 0 aliphatic carbocycles. The molecule has 0 unspecified atom stereocenters. The van der Waals surface area contributed by atoms with Crippen LogP contribution < -0.4 is 0 Å². The van der Waals surface area contributed by atoms with Crippen LogP contribution in [0.25, 0.3) is 16.9 Å². The minimum atomic E-state index is -0.438. The first-order valence-electron chi connectivity index (χ1n) is 6.01. The Kier molecular flexibility index (Phi) is 2.95. The molecule has 3 aromatic rings. The molecule has 0 aliphatic heterocycles. The summed E-state index contributed by atoms with van der Waals surface area (Å²) < 4.78 is 19.4. The first-order chi connectivity index (χ1) is 9.69. The number of carbonyl (C=O) groups excluding carboxylic acids is 1. The Hall–Kier alpha value is -2.69. The predicted octanol–water partition coefficient (Wildman–Crippen LogP) is 2.93. The Balaban J connectivity index is 2.15. The molecule has 2 heterocycles. The van der Waals surface area contributed by atoms with Crippen LogP contribution in [-0.4, -0.2) is 22.5 Å². The van der Waals surface area contributed by atoms with E-state index >= 15 is 0 Å². The van der Waals surface area contributed by atoms with Gasteiger partial charge in [0.05, 0.1) is 12.8 Å². The normalized spacial score (nSPS) is 10.7. The highest BCUT2D eigenvalue weighted by Crippen LogP contribution is 2.21. The third-order valence-corrected chi connectivity index (χ3v) is 3.03. The smallest absolute Gasteiger partial charge is 0.341 e. The van der Waals surface area contributed by atoms with Gasteiger partial charge in [-0.25, -0.2) is 14.2 Å². The first-order valence-corrected chi connectivity index (χ1v) is 6.01. The highest BCUT2D eigenvalue weighted by atomic mass is 19.1. The molecule has 5 heteroatoms. The Bertz CT molecular complexity index is 778. The van der Waals surface area contributed by atoms with Crippen LogP contribution in [0.3, 0.4) is 0 Å². The fraction of sp³-hybridized carbons (Fsp3) is 0.0667. The molecular weight excluding hydrogens is 259 g/mol. The van der Waals surface area contributed by atoms with Gasteiger partial charge in [-0.3, -0.25) is 0 Å². The standard InChI is InChI=1S/C15H11FN2O2/c1-20-15(19)12-3-2-8-18-9-13(17-14(12)18)10-4-6-11(16)7-5-10/h2-9H,1H3. The summed E-state index contributed by atoms with van der Waals surface area (Å²) in [5, 5.41) is 0. The van der Waals surface area contributed by atoms with E-state index in [0.717, 1.165) is 5.56 Å². The lowest BCUT2D eigenvalue weighted by atomic mass is 10.2. The average Bonchev–Trinajstić information content (AvgIpc) is 2.91. The summed E-state index contributed by atoms with van der Waals surface area (Å²) in [5.74, 6) is -0.736. The van der Waals surface area contributed by atoms with Gasteiger partial charge in [-0.05, 0) is 36.4 Å². The number of pyridine rings is 1. The Labute approximate surface area is 114 Å². The summed E-state index contributed by atoms with van der Waals surface area (Å²) in [6.45, 7) is 0. The van der Waals surface area contributed by atoms with E-state index in [4.69, 9.17) is 4.74 Å². The fourth-order valence-corrected chi connectivity index (χ4v) is 2.04. The van der Waals surface area contributed by atoms with Crippen molar-refractivity contribution in [3.05, 3.63) is 60.2 Å². The van der Waals surface area contributed by atoms with Crippen molar-refractivity contribution in [2.24, 2.45) is 0 Å². The van der Waals surface area contributed by atoms with Gasteiger partial charge in [0.25, 0.3) is 0 Å². The van der Waals surface area contributed by atoms with E-state index in [1.807, 2.05) is 0 Å². The summed E-state index contributed by atoms with van der Waals surface area (Å²) in [7, 11) is 1.33. The Morgan fingerprint density at radius 3 is 2.70 bits per heavy atom. The molecule has 0 N–H and O–H groups in total. The summed E-state index contributed by atoms with van der Waals surface area (Å²) in [4.78, 5) is 16.1. The zero-order valence-corrected chi connectivity index (χ0v) is 10.7. The van der Waals surface area contributed by atoms with Gasteiger partial charge in [0.15, 0.2) is 5.65 Å². The van der Waals surface area contributed by atoms with E-state index in [2.05, 4.69) is 4.98 Å². The molecular formula is C15H11FN2O2. The molecule has 1 aromatic carbocycles. The first kappa shape index (κ1) is 12.3. The van der Waals surface area contributed by atoms with E-state index in [-0.39, 0.29) is 5.82 Å². The molecule has 0 saturated carbocycles. The minimum absolute atomic E-state index is 0.298. The number of hydrogen-bond donors (Lipinski definition) is 0. The maximum absolute atomic E-state index is 12.9. The molecule has 20 heavy (non-hydrogen) atoms. The zero-order valence-electron chi connectivity index (χ0n) is 10.7. The number of methoxy groups -OCH3 is 1. The number of rotatable bonds is 2. The fourth-order valence-electron chi connectivity index (χ4n) is 2.04. The van der Waals surface area contributed by atoms with Gasteiger partial charge in [0.1, 0.15) is 11.4 Å². The second kappa shape index (κ2) is 4.77. The zero-order chi connectivity index (χ0) is 14.1. The molecule has 4 nitrogen and oxygen atoms in total. The van der Waals surface area contributed by atoms with Gasteiger partial charge < -0.3 is 9.14 Å². The summed E-state index contributed by atoms with van der Waals surface area (Å²) in [5.41, 5.74) is 2.36. The van der Waals surface area contributed by atoms with Crippen LogP contribution in [-0.2, 0) is 4.74 Å². The summed E-state index contributed by atoms with van der Waals surface area (Å²) in [6.07, 6.45) is 3.58. The number of hydrogen-bond acceptors (Lipinski definition) is 3. The third-order valence-electron chi connectivity index (χ3n) is 3.03. The maximum Gasteiger partial charge on any atom is 0.341 e. The van der Waals surface area contributed by atoms with Gasteiger partial charge in [0.2, 0.25) is 0 Å². The number of benzene rings is 1. The molecule has 0 saturated heterocycles. The van der Waals surface area contributed by atoms with Crippen molar-refractivity contribution < 1.29 is 13.9 Å². The molecule has 0 atom stereocenters. The Morgan fingerprint density at radius 2 is 2.00 bits per heavy atom. The van der Waals surface area contributed by atoms with E-state index in [1.54, 1.807) is 41.1 Å². The maximum atomic E-state index is 12.9. The lowest BCUT2D eigenvalue weighted by molar-refractivity contribution is 0.0602. The van der Waals surface area contributed by atoms with Crippen molar-refractivity contribution in [3.8, 4) is 11.3 Å². The molecule has 0 radical (unpaired) electrons.